The van der Waals surface area contributed by atoms with Gasteiger partial charge < -0.3 is 5.43 Å². The van der Waals surface area contributed by atoms with Crippen molar-refractivity contribution in [3.63, 3.8) is 0 Å². The van der Waals surface area contributed by atoms with E-state index < -0.39 is 0 Å². The lowest BCUT2D eigenvalue weighted by atomic mass is 10.1. The van der Waals surface area contributed by atoms with Gasteiger partial charge in [0.05, 0.1) is 16.9 Å². The van der Waals surface area contributed by atoms with Crippen LogP contribution in [0, 0.1) is 0 Å². The average Bonchev–Trinajstić information content (AvgIpc) is 2.50. The van der Waals surface area contributed by atoms with E-state index in [1.807, 2.05) is 17.8 Å². The first-order valence-electron chi connectivity index (χ1n) is 4.19. The second-order valence-electron chi connectivity index (χ2n) is 3.93. The Morgan fingerprint density at radius 3 is 2.69 bits per heavy atom. The van der Waals surface area contributed by atoms with E-state index in [0.717, 1.165) is 11.4 Å². The molecular formula is C9H15N3S. The molecule has 0 radical (unpaired) electrons. The van der Waals surface area contributed by atoms with Crippen LogP contribution >= 0.6 is 11.3 Å². The van der Waals surface area contributed by atoms with Gasteiger partial charge in [0.1, 0.15) is 0 Å². The van der Waals surface area contributed by atoms with Gasteiger partial charge in [-0.2, -0.15) is 5.10 Å². The number of rotatable bonds is 2. The Morgan fingerprint density at radius 2 is 2.23 bits per heavy atom. The molecule has 0 aliphatic carbocycles. The number of nitrogens with zero attached hydrogens (tertiary/aromatic N) is 2. The molecule has 0 spiro atoms. The normalized spacial score (nSPS) is 13.1. The summed E-state index contributed by atoms with van der Waals surface area (Å²) in [7, 11) is 0. The molecule has 0 saturated heterocycles. The van der Waals surface area contributed by atoms with E-state index in [1.54, 1.807) is 11.3 Å². The molecule has 13 heavy (non-hydrogen) atoms. The minimum Gasteiger partial charge on any atom is -0.304 e. The van der Waals surface area contributed by atoms with Gasteiger partial charge in [0.2, 0.25) is 0 Å². The van der Waals surface area contributed by atoms with Crippen molar-refractivity contribution in [2.24, 2.45) is 5.10 Å². The molecule has 1 rings (SSSR count). The van der Waals surface area contributed by atoms with Gasteiger partial charge in [-0.25, -0.2) is 4.98 Å². The third-order valence-corrected chi connectivity index (χ3v) is 1.95. The van der Waals surface area contributed by atoms with Gasteiger partial charge in [-0.15, -0.1) is 11.3 Å². The standard InChI is InChI=1S/C9H15N3S/c1-7(8-5-13-6-10-8)11-12-9(2,3)4/h5-6,12H,1-4H3/b11-7+. The fraction of sp³-hybridized carbons (Fsp3) is 0.556. The molecule has 0 fully saturated rings. The summed E-state index contributed by atoms with van der Waals surface area (Å²) in [6, 6.07) is 0. The number of hydrogen-bond acceptors (Lipinski definition) is 4. The fourth-order valence-corrected chi connectivity index (χ4v) is 1.30. The van der Waals surface area contributed by atoms with Crippen molar-refractivity contribution in [1.82, 2.24) is 10.4 Å². The Labute approximate surface area is 82.9 Å². The molecule has 1 aromatic rings. The van der Waals surface area contributed by atoms with Crippen LogP contribution in [-0.4, -0.2) is 16.2 Å². The van der Waals surface area contributed by atoms with Crippen LogP contribution in [0.15, 0.2) is 16.0 Å². The minimum atomic E-state index is 0.0112. The largest absolute Gasteiger partial charge is 0.304 e. The molecule has 0 amide bonds. The summed E-state index contributed by atoms with van der Waals surface area (Å²) in [6.45, 7) is 8.17. The number of hydrazone groups is 1. The summed E-state index contributed by atoms with van der Waals surface area (Å²) >= 11 is 1.58. The molecule has 0 aliphatic heterocycles. The van der Waals surface area contributed by atoms with Crippen LogP contribution in [-0.2, 0) is 0 Å². The first kappa shape index (κ1) is 10.2. The number of hydrogen-bond donors (Lipinski definition) is 1. The van der Waals surface area contributed by atoms with E-state index in [2.05, 4.69) is 36.3 Å². The van der Waals surface area contributed by atoms with Crippen molar-refractivity contribution in [3.05, 3.63) is 16.6 Å². The van der Waals surface area contributed by atoms with Crippen LogP contribution in [0.3, 0.4) is 0 Å². The summed E-state index contributed by atoms with van der Waals surface area (Å²) in [5.41, 5.74) is 6.76. The zero-order valence-corrected chi connectivity index (χ0v) is 9.27. The third-order valence-electron chi connectivity index (χ3n) is 1.36. The van der Waals surface area contributed by atoms with Crippen molar-refractivity contribution < 1.29 is 0 Å². The summed E-state index contributed by atoms with van der Waals surface area (Å²) in [5, 5.41) is 6.24. The maximum atomic E-state index is 4.25. The van der Waals surface area contributed by atoms with E-state index in [-0.39, 0.29) is 5.54 Å². The summed E-state index contributed by atoms with van der Waals surface area (Å²) < 4.78 is 0. The second-order valence-corrected chi connectivity index (χ2v) is 4.65. The van der Waals surface area contributed by atoms with Gasteiger partial charge in [0.25, 0.3) is 0 Å². The van der Waals surface area contributed by atoms with Crippen LogP contribution in [0.2, 0.25) is 0 Å². The Bertz CT molecular complexity index is 282. The van der Waals surface area contributed by atoms with Gasteiger partial charge in [-0.1, -0.05) is 0 Å². The van der Waals surface area contributed by atoms with E-state index in [9.17, 15) is 0 Å². The summed E-state index contributed by atoms with van der Waals surface area (Å²) in [6.07, 6.45) is 0. The van der Waals surface area contributed by atoms with Crippen LogP contribution < -0.4 is 5.43 Å². The molecule has 0 aromatic carbocycles. The molecule has 3 nitrogen and oxygen atoms in total. The van der Waals surface area contributed by atoms with Crippen LogP contribution in [0.25, 0.3) is 0 Å². The zero-order chi connectivity index (χ0) is 9.90. The van der Waals surface area contributed by atoms with Crippen molar-refractivity contribution in [3.8, 4) is 0 Å². The molecule has 4 heteroatoms. The lowest BCUT2D eigenvalue weighted by Gasteiger charge is -2.17. The predicted molar refractivity (Wildman–Crippen MR) is 57.2 cm³/mol. The summed E-state index contributed by atoms with van der Waals surface area (Å²) in [4.78, 5) is 4.16. The Kier molecular flexibility index (Phi) is 3.03. The van der Waals surface area contributed by atoms with Crippen molar-refractivity contribution in [2.45, 2.75) is 33.2 Å². The quantitative estimate of drug-likeness (QED) is 0.583. The molecule has 0 atom stereocenters. The zero-order valence-electron chi connectivity index (χ0n) is 8.46. The lowest BCUT2D eigenvalue weighted by molar-refractivity contribution is 0.441. The molecule has 1 heterocycles. The highest BCUT2D eigenvalue weighted by atomic mass is 32.1. The Morgan fingerprint density at radius 1 is 1.54 bits per heavy atom. The van der Waals surface area contributed by atoms with E-state index in [4.69, 9.17) is 0 Å². The van der Waals surface area contributed by atoms with E-state index in [0.29, 0.717) is 0 Å². The van der Waals surface area contributed by atoms with Gasteiger partial charge >= 0.3 is 0 Å². The average molecular weight is 197 g/mol. The van der Waals surface area contributed by atoms with Crippen LogP contribution in [0.5, 0.6) is 0 Å². The van der Waals surface area contributed by atoms with Crippen LogP contribution in [0.4, 0.5) is 0 Å². The van der Waals surface area contributed by atoms with Gasteiger partial charge in [-0.05, 0) is 27.7 Å². The first-order chi connectivity index (χ1) is 5.99. The molecule has 0 unspecified atom stereocenters. The maximum Gasteiger partial charge on any atom is 0.0968 e. The molecule has 0 saturated carbocycles. The molecule has 1 aromatic heterocycles. The molecule has 0 bridgehead atoms. The Hall–Kier alpha value is -0.900. The monoisotopic (exact) mass is 197 g/mol. The van der Waals surface area contributed by atoms with Crippen LogP contribution in [0.1, 0.15) is 33.4 Å². The highest BCUT2D eigenvalue weighted by molar-refractivity contribution is 7.07. The lowest BCUT2D eigenvalue weighted by Crippen LogP contribution is -2.32. The van der Waals surface area contributed by atoms with Gasteiger partial charge in [0.15, 0.2) is 0 Å². The fourth-order valence-electron chi connectivity index (χ4n) is 0.700. The number of nitrogens with one attached hydrogen (secondary N) is 1. The highest BCUT2D eigenvalue weighted by Gasteiger charge is 2.07. The van der Waals surface area contributed by atoms with E-state index in [1.165, 1.54) is 0 Å². The summed E-state index contributed by atoms with van der Waals surface area (Å²) in [5.74, 6) is 0. The molecular weight excluding hydrogens is 182 g/mol. The van der Waals surface area contributed by atoms with Gasteiger partial charge in [0, 0.05) is 10.9 Å². The highest BCUT2D eigenvalue weighted by Crippen LogP contribution is 2.03. The molecule has 72 valence electrons. The third kappa shape index (κ3) is 3.55. The smallest absolute Gasteiger partial charge is 0.0968 e. The predicted octanol–water partition coefficient (Wildman–Crippen LogP) is 2.26. The second kappa shape index (κ2) is 3.87. The SMILES string of the molecule is C/C(=N\NC(C)(C)C)c1cscn1. The Balaban J connectivity index is 2.63. The molecule has 1 N–H and O–H groups in total. The van der Waals surface area contributed by atoms with Crippen molar-refractivity contribution >= 4 is 17.0 Å². The molecule has 0 aliphatic rings. The topological polar surface area (TPSA) is 37.3 Å². The van der Waals surface area contributed by atoms with Crippen molar-refractivity contribution in [2.75, 3.05) is 0 Å². The van der Waals surface area contributed by atoms with Crippen molar-refractivity contribution in [1.29, 1.82) is 0 Å². The van der Waals surface area contributed by atoms with Gasteiger partial charge in [-0.3, -0.25) is 0 Å². The number of aromatic nitrogens is 1. The number of thiazole rings is 1. The maximum absolute atomic E-state index is 4.25. The van der Waals surface area contributed by atoms with E-state index >= 15 is 0 Å². The minimum absolute atomic E-state index is 0.0112. The first-order valence-corrected chi connectivity index (χ1v) is 5.13.